The summed E-state index contributed by atoms with van der Waals surface area (Å²) in [6.07, 6.45) is 6.07. The van der Waals surface area contributed by atoms with E-state index >= 15 is 0 Å². The van der Waals surface area contributed by atoms with Gasteiger partial charge in [-0.2, -0.15) is 0 Å². The van der Waals surface area contributed by atoms with E-state index in [9.17, 15) is 18.0 Å². The van der Waals surface area contributed by atoms with Gasteiger partial charge in [-0.3, -0.25) is 4.79 Å². The predicted octanol–water partition coefficient (Wildman–Crippen LogP) is 2.57. The third kappa shape index (κ3) is 3.99. The Kier molecular flexibility index (Phi) is 5.43. The van der Waals surface area contributed by atoms with E-state index in [4.69, 9.17) is 4.74 Å². The molecule has 0 aromatic heterocycles. The van der Waals surface area contributed by atoms with Crippen LogP contribution in [-0.4, -0.2) is 50.3 Å². The van der Waals surface area contributed by atoms with Gasteiger partial charge < -0.3 is 10.1 Å². The maximum absolute atomic E-state index is 12.8. The highest BCUT2D eigenvalue weighted by atomic mass is 32.2. The summed E-state index contributed by atoms with van der Waals surface area (Å²) in [5.41, 5.74) is 0.0801. The fourth-order valence-electron chi connectivity index (χ4n) is 5.88. The van der Waals surface area contributed by atoms with Crippen molar-refractivity contribution in [2.75, 3.05) is 14.1 Å². The zero-order valence-corrected chi connectivity index (χ0v) is 18.6. The van der Waals surface area contributed by atoms with Crippen molar-refractivity contribution in [3.63, 3.8) is 0 Å². The average molecular weight is 435 g/mol. The van der Waals surface area contributed by atoms with E-state index in [1.807, 2.05) is 0 Å². The van der Waals surface area contributed by atoms with E-state index < -0.39 is 22.1 Å². The molecule has 0 saturated heterocycles. The van der Waals surface area contributed by atoms with Crippen LogP contribution >= 0.6 is 0 Å². The Morgan fingerprint density at radius 2 is 1.53 bits per heavy atom. The summed E-state index contributed by atoms with van der Waals surface area (Å²) in [6.45, 7) is 1.58. The molecule has 0 unspecified atom stereocenters. The van der Waals surface area contributed by atoms with Crippen LogP contribution in [0.1, 0.15) is 55.8 Å². The Balaban J connectivity index is 1.37. The molecule has 1 aromatic rings. The summed E-state index contributed by atoms with van der Waals surface area (Å²) in [6, 6.07) is 5.54. The van der Waals surface area contributed by atoms with E-state index in [0.29, 0.717) is 17.8 Å². The van der Waals surface area contributed by atoms with Crippen LogP contribution in [0.4, 0.5) is 0 Å². The van der Waals surface area contributed by atoms with Crippen molar-refractivity contribution in [2.24, 2.45) is 17.8 Å². The van der Waals surface area contributed by atoms with Gasteiger partial charge in [0.2, 0.25) is 10.0 Å². The van der Waals surface area contributed by atoms with Gasteiger partial charge in [-0.15, -0.1) is 0 Å². The van der Waals surface area contributed by atoms with Gasteiger partial charge in [-0.25, -0.2) is 17.5 Å². The number of nitrogens with one attached hydrogen (secondary N) is 1. The summed E-state index contributed by atoms with van der Waals surface area (Å²) in [5.74, 6) is 1.25. The molecule has 1 N–H and O–H groups in total. The van der Waals surface area contributed by atoms with Crippen LogP contribution < -0.4 is 5.32 Å². The van der Waals surface area contributed by atoms with Crippen molar-refractivity contribution < 1.29 is 22.7 Å². The number of ether oxygens (including phenoxy) is 1. The normalized spacial score (nSPS) is 30.9. The number of carbonyl (C=O) groups excluding carboxylic acids is 2. The summed E-state index contributed by atoms with van der Waals surface area (Å²) in [4.78, 5) is 25.3. The first kappa shape index (κ1) is 21.3. The first-order valence-corrected chi connectivity index (χ1v) is 12.1. The van der Waals surface area contributed by atoms with Crippen LogP contribution in [0, 0.1) is 17.8 Å². The van der Waals surface area contributed by atoms with Crippen LogP contribution in [0.25, 0.3) is 0 Å². The molecule has 30 heavy (non-hydrogen) atoms. The lowest BCUT2D eigenvalue weighted by molar-refractivity contribution is -0.134. The molecule has 4 fully saturated rings. The molecule has 0 spiro atoms. The van der Waals surface area contributed by atoms with E-state index in [1.165, 1.54) is 57.6 Å². The number of hydrogen-bond acceptors (Lipinski definition) is 5. The third-order valence-electron chi connectivity index (χ3n) is 6.95. The minimum atomic E-state index is -3.56. The molecule has 7 nitrogen and oxygen atoms in total. The number of nitrogens with zero attached hydrogens (tertiary/aromatic N) is 1. The summed E-state index contributed by atoms with van der Waals surface area (Å²) in [7, 11) is -0.673. The van der Waals surface area contributed by atoms with Crippen molar-refractivity contribution in [1.82, 2.24) is 9.62 Å². The van der Waals surface area contributed by atoms with E-state index in [0.717, 1.165) is 23.6 Å². The second kappa shape index (κ2) is 7.64. The topological polar surface area (TPSA) is 92.8 Å². The Morgan fingerprint density at radius 1 is 1.03 bits per heavy atom. The molecule has 1 atom stereocenters. The molecule has 8 heteroatoms. The van der Waals surface area contributed by atoms with Gasteiger partial charge >= 0.3 is 5.97 Å². The van der Waals surface area contributed by atoms with Crippen LogP contribution in [0.2, 0.25) is 0 Å². The smallest absolute Gasteiger partial charge is 0.338 e. The fraction of sp³-hybridized carbons (Fsp3) is 0.636. The highest BCUT2D eigenvalue weighted by Gasteiger charge is 2.51. The maximum atomic E-state index is 12.8. The zero-order chi connectivity index (χ0) is 21.7. The number of amides is 1. The van der Waals surface area contributed by atoms with Crippen LogP contribution in [-0.2, 0) is 19.6 Å². The number of hydrogen-bond donors (Lipinski definition) is 1. The average Bonchev–Trinajstić information content (AvgIpc) is 2.66. The van der Waals surface area contributed by atoms with Crippen molar-refractivity contribution in [3.8, 4) is 0 Å². The Morgan fingerprint density at radius 3 is 2.00 bits per heavy atom. The third-order valence-corrected chi connectivity index (χ3v) is 8.78. The molecular weight excluding hydrogens is 404 g/mol. The zero-order valence-electron chi connectivity index (χ0n) is 17.8. The fourth-order valence-corrected chi connectivity index (χ4v) is 6.78. The first-order chi connectivity index (χ1) is 14.1. The molecule has 4 aliphatic carbocycles. The van der Waals surface area contributed by atoms with Crippen molar-refractivity contribution in [2.45, 2.75) is 62.0 Å². The SMILES string of the molecule is C[C@H](OC(=O)c1ccc(S(=O)(=O)N(C)C)cc1)C(=O)NC12CC3CC(CC(C3)C1)C2. The number of esters is 1. The van der Waals surface area contributed by atoms with Crippen LogP contribution in [0.5, 0.6) is 0 Å². The number of benzene rings is 1. The molecule has 1 aromatic carbocycles. The van der Waals surface area contributed by atoms with Crippen LogP contribution in [0.15, 0.2) is 29.2 Å². The highest BCUT2D eigenvalue weighted by molar-refractivity contribution is 7.89. The molecule has 0 aliphatic heterocycles. The second-order valence-electron chi connectivity index (χ2n) is 9.55. The van der Waals surface area contributed by atoms with Gasteiger partial charge in [-0.05, 0) is 87.5 Å². The molecule has 4 bridgehead atoms. The summed E-state index contributed by atoms with van der Waals surface area (Å²) >= 11 is 0. The quantitative estimate of drug-likeness (QED) is 0.695. The second-order valence-corrected chi connectivity index (χ2v) is 11.7. The summed E-state index contributed by atoms with van der Waals surface area (Å²) in [5, 5.41) is 3.22. The van der Waals surface area contributed by atoms with Crippen LogP contribution in [0.3, 0.4) is 0 Å². The van der Waals surface area contributed by atoms with Gasteiger partial charge in [0, 0.05) is 19.6 Å². The summed E-state index contributed by atoms with van der Waals surface area (Å²) < 4.78 is 30.8. The number of sulfonamides is 1. The predicted molar refractivity (Wildman–Crippen MR) is 111 cm³/mol. The lowest BCUT2D eigenvalue weighted by Crippen LogP contribution is -2.61. The van der Waals surface area contributed by atoms with Gasteiger partial charge in [0.15, 0.2) is 6.10 Å². The van der Waals surface area contributed by atoms with Gasteiger partial charge in [0.25, 0.3) is 5.91 Å². The molecule has 1 amide bonds. The van der Waals surface area contributed by atoms with Crippen molar-refractivity contribution in [1.29, 1.82) is 0 Å². The molecule has 4 aliphatic rings. The molecule has 5 rings (SSSR count). The monoisotopic (exact) mass is 434 g/mol. The Bertz CT molecular complexity index is 903. The minimum absolute atomic E-state index is 0.0941. The molecule has 0 heterocycles. The lowest BCUT2D eigenvalue weighted by Gasteiger charge is -2.57. The Hall–Kier alpha value is -1.93. The van der Waals surface area contributed by atoms with Crippen molar-refractivity contribution >= 4 is 21.9 Å². The maximum Gasteiger partial charge on any atom is 0.338 e. The largest absolute Gasteiger partial charge is 0.449 e. The highest BCUT2D eigenvalue weighted by Crippen LogP contribution is 2.55. The molecule has 164 valence electrons. The first-order valence-electron chi connectivity index (χ1n) is 10.6. The standard InChI is InChI=1S/C22H30N2O5S/c1-14(20(25)23-22-11-15-8-16(12-22)10-17(9-15)13-22)29-21(26)18-4-6-19(7-5-18)30(27,28)24(2)3/h4-7,14-17H,8-13H2,1-3H3,(H,23,25)/t14-,15?,16?,17?,22?/m0/s1. The molecule has 4 saturated carbocycles. The van der Waals surface area contributed by atoms with Gasteiger partial charge in [0.05, 0.1) is 10.5 Å². The molecular formula is C22H30N2O5S. The number of carbonyl (C=O) groups is 2. The van der Waals surface area contributed by atoms with E-state index in [-0.39, 0.29) is 21.9 Å². The van der Waals surface area contributed by atoms with E-state index in [1.54, 1.807) is 6.92 Å². The minimum Gasteiger partial charge on any atom is -0.449 e. The van der Waals surface area contributed by atoms with Gasteiger partial charge in [-0.1, -0.05) is 0 Å². The van der Waals surface area contributed by atoms with Gasteiger partial charge in [0.1, 0.15) is 0 Å². The number of rotatable bonds is 6. The van der Waals surface area contributed by atoms with Crippen molar-refractivity contribution in [3.05, 3.63) is 29.8 Å². The molecule has 0 radical (unpaired) electrons. The lowest BCUT2D eigenvalue weighted by atomic mass is 9.53. The Labute approximate surface area is 178 Å². The van der Waals surface area contributed by atoms with E-state index in [2.05, 4.69) is 5.32 Å².